The van der Waals surface area contributed by atoms with Crippen molar-refractivity contribution in [3.8, 4) is 11.8 Å². The Balaban J connectivity index is 2.41. The highest BCUT2D eigenvalue weighted by Gasteiger charge is 2.13. The Morgan fingerprint density at radius 1 is 1.32 bits per heavy atom. The molecular formula is C14H9ClN4. The Kier molecular flexibility index (Phi) is 2.69. The number of rotatable bonds is 1. The number of nitrogens with zero attached hydrogens (tertiary/aromatic N) is 4. The molecule has 0 amide bonds. The van der Waals surface area contributed by atoms with Crippen LogP contribution in [0.5, 0.6) is 0 Å². The van der Waals surface area contributed by atoms with Gasteiger partial charge in [-0.05, 0) is 13.0 Å². The predicted molar refractivity (Wildman–Crippen MR) is 73.3 cm³/mol. The number of halogens is 1. The maximum atomic E-state index is 9.25. The molecular weight excluding hydrogens is 260 g/mol. The largest absolute Gasteiger partial charge is 0.255 e. The van der Waals surface area contributed by atoms with Crippen molar-refractivity contribution < 1.29 is 0 Å². The van der Waals surface area contributed by atoms with Gasteiger partial charge < -0.3 is 0 Å². The zero-order valence-corrected chi connectivity index (χ0v) is 10.9. The number of benzene rings is 1. The van der Waals surface area contributed by atoms with Crippen molar-refractivity contribution in [2.24, 2.45) is 0 Å². The number of fused-ring (bicyclic) bond motifs is 1. The van der Waals surface area contributed by atoms with Gasteiger partial charge in [0.05, 0.1) is 27.5 Å². The lowest BCUT2D eigenvalue weighted by atomic mass is 10.1. The monoisotopic (exact) mass is 268 g/mol. The van der Waals surface area contributed by atoms with Gasteiger partial charge in [0.1, 0.15) is 6.07 Å². The zero-order valence-electron chi connectivity index (χ0n) is 10.1. The van der Waals surface area contributed by atoms with Crippen molar-refractivity contribution >= 4 is 22.5 Å². The highest BCUT2D eigenvalue weighted by molar-refractivity contribution is 6.31. The first-order valence-corrected chi connectivity index (χ1v) is 6.08. The van der Waals surface area contributed by atoms with E-state index in [4.69, 9.17) is 11.6 Å². The van der Waals surface area contributed by atoms with Gasteiger partial charge in [0.2, 0.25) is 0 Å². The predicted octanol–water partition coefficient (Wildman–Crippen LogP) is 3.25. The van der Waals surface area contributed by atoms with Crippen LogP contribution in [0.1, 0.15) is 11.3 Å². The van der Waals surface area contributed by atoms with Crippen LogP contribution in [0.4, 0.5) is 0 Å². The summed E-state index contributed by atoms with van der Waals surface area (Å²) in [6.07, 6.45) is 3.27. The lowest BCUT2D eigenvalue weighted by molar-refractivity contribution is 0.865. The molecule has 0 fully saturated rings. The van der Waals surface area contributed by atoms with Crippen molar-refractivity contribution in [1.82, 2.24) is 14.8 Å². The van der Waals surface area contributed by atoms with E-state index in [1.165, 1.54) is 0 Å². The summed E-state index contributed by atoms with van der Waals surface area (Å²) in [7, 11) is 0. The fourth-order valence-electron chi connectivity index (χ4n) is 2.01. The number of para-hydroxylation sites is 1. The van der Waals surface area contributed by atoms with Crippen LogP contribution in [-0.2, 0) is 0 Å². The van der Waals surface area contributed by atoms with Crippen LogP contribution >= 0.6 is 11.6 Å². The molecule has 0 spiro atoms. The minimum absolute atomic E-state index is 0.470. The van der Waals surface area contributed by atoms with Gasteiger partial charge in [-0.25, -0.2) is 4.68 Å². The number of aromatic nitrogens is 3. The first kappa shape index (κ1) is 11.7. The molecule has 0 aliphatic rings. The summed E-state index contributed by atoms with van der Waals surface area (Å²) in [6, 6.07) is 9.79. The standard InChI is InChI=1S/C14H9ClN4/c1-9-12(15)8-19(18-9)14-10(6-16)7-17-13-5-3-2-4-11(13)14/h2-5,7-8H,1H3. The van der Waals surface area contributed by atoms with Crippen molar-refractivity contribution in [3.63, 3.8) is 0 Å². The highest BCUT2D eigenvalue weighted by Crippen LogP contribution is 2.25. The van der Waals surface area contributed by atoms with Gasteiger partial charge in [-0.2, -0.15) is 10.4 Å². The molecule has 0 aliphatic carbocycles. The Hall–Kier alpha value is -2.38. The summed E-state index contributed by atoms with van der Waals surface area (Å²) >= 11 is 6.04. The molecule has 0 atom stereocenters. The maximum Gasteiger partial charge on any atom is 0.103 e. The zero-order chi connectivity index (χ0) is 13.4. The molecule has 2 heterocycles. The molecule has 0 unspecified atom stereocenters. The molecule has 3 rings (SSSR count). The van der Waals surface area contributed by atoms with Gasteiger partial charge in [-0.1, -0.05) is 29.8 Å². The molecule has 0 saturated carbocycles. The molecule has 0 saturated heterocycles. The number of hydrogen-bond acceptors (Lipinski definition) is 3. The third kappa shape index (κ3) is 1.85. The van der Waals surface area contributed by atoms with E-state index in [1.54, 1.807) is 17.1 Å². The Morgan fingerprint density at radius 3 is 2.79 bits per heavy atom. The lowest BCUT2D eigenvalue weighted by Gasteiger charge is -2.07. The molecule has 1 aromatic carbocycles. The summed E-state index contributed by atoms with van der Waals surface area (Å²) in [4.78, 5) is 4.27. The summed E-state index contributed by atoms with van der Waals surface area (Å²) in [5.74, 6) is 0. The third-order valence-electron chi connectivity index (χ3n) is 2.94. The summed E-state index contributed by atoms with van der Waals surface area (Å²) < 4.78 is 1.64. The minimum atomic E-state index is 0.470. The van der Waals surface area contributed by atoms with Crippen LogP contribution < -0.4 is 0 Å². The molecule has 3 aromatic rings. The van der Waals surface area contributed by atoms with E-state index in [9.17, 15) is 5.26 Å². The van der Waals surface area contributed by atoms with E-state index in [0.29, 0.717) is 16.3 Å². The average molecular weight is 269 g/mol. The van der Waals surface area contributed by atoms with Crippen LogP contribution in [-0.4, -0.2) is 14.8 Å². The van der Waals surface area contributed by atoms with Gasteiger partial charge in [0.15, 0.2) is 0 Å². The number of nitriles is 1. The fourth-order valence-corrected chi connectivity index (χ4v) is 2.14. The van der Waals surface area contributed by atoms with E-state index in [1.807, 2.05) is 31.2 Å². The van der Waals surface area contributed by atoms with E-state index in [2.05, 4.69) is 16.2 Å². The normalized spacial score (nSPS) is 10.6. The first-order chi connectivity index (χ1) is 9.20. The second-order valence-electron chi connectivity index (χ2n) is 4.16. The van der Waals surface area contributed by atoms with Crippen molar-refractivity contribution in [3.05, 3.63) is 52.9 Å². The fraction of sp³-hybridized carbons (Fsp3) is 0.0714. The molecule has 0 bridgehead atoms. The van der Waals surface area contributed by atoms with E-state index < -0.39 is 0 Å². The van der Waals surface area contributed by atoms with Crippen LogP contribution in [0.3, 0.4) is 0 Å². The summed E-state index contributed by atoms with van der Waals surface area (Å²) in [5, 5.41) is 15.0. The molecule has 19 heavy (non-hydrogen) atoms. The maximum absolute atomic E-state index is 9.25. The van der Waals surface area contributed by atoms with E-state index in [-0.39, 0.29) is 0 Å². The molecule has 0 radical (unpaired) electrons. The second-order valence-corrected chi connectivity index (χ2v) is 4.56. The molecule has 92 valence electrons. The second kappa shape index (κ2) is 4.38. The number of hydrogen-bond donors (Lipinski definition) is 0. The van der Waals surface area contributed by atoms with Crippen LogP contribution in [0.2, 0.25) is 5.02 Å². The molecule has 2 aromatic heterocycles. The Morgan fingerprint density at radius 2 is 2.11 bits per heavy atom. The molecule has 4 nitrogen and oxygen atoms in total. The van der Waals surface area contributed by atoms with Crippen LogP contribution in [0.15, 0.2) is 36.7 Å². The van der Waals surface area contributed by atoms with E-state index >= 15 is 0 Å². The number of pyridine rings is 1. The average Bonchev–Trinajstić information content (AvgIpc) is 2.77. The topological polar surface area (TPSA) is 54.5 Å². The van der Waals surface area contributed by atoms with Gasteiger partial charge in [0.25, 0.3) is 0 Å². The summed E-state index contributed by atoms with van der Waals surface area (Å²) in [6.45, 7) is 1.83. The Labute approximate surface area is 114 Å². The Bertz CT molecular complexity index is 794. The third-order valence-corrected chi connectivity index (χ3v) is 3.31. The van der Waals surface area contributed by atoms with E-state index in [0.717, 1.165) is 16.6 Å². The highest BCUT2D eigenvalue weighted by atomic mass is 35.5. The van der Waals surface area contributed by atoms with Crippen molar-refractivity contribution in [1.29, 1.82) is 5.26 Å². The van der Waals surface area contributed by atoms with Gasteiger partial charge in [-0.3, -0.25) is 4.98 Å². The minimum Gasteiger partial charge on any atom is -0.255 e. The lowest BCUT2D eigenvalue weighted by Crippen LogP contribution is -2.01. The van der Waals surface area contributed by atoms with Gasteiger partial charge >= 0.3 is 0 Å². The SMILES string of the molecule is Cc1nn(-c2c(C#N)cnc3ccccc23)cc1Cl. The van der Waals surface area contributed by atoms with Crippen LogP contribution in [0.25, 0.3) is 16.6 Å². The van der Waals surface area contributed by atoms with Crippen molar-refractivity contribution in [2.45, 2.75) is 6.92 Å². The first-order valence-electron chi connectivity index (χ1n) is 5.70. The molecule has 0 N–H and O–H groups in total. The smallest absolute Gasteiger partial charge is 0.103 e. The van der Waals surface area contributed by atoms with Gasteiger partial charge in [-0.15, -0.1) is 0 Å². The van der Waals surface area contributed by atoms with Crippen molar-refractivity contribution in [2.75, 3.05) is 0 Å². The summed E-state index contributed by atoms with van der Waals surface area (Å²) in [5.41, 5.74) is 2.73. The quantitative estimate of drug-likeness (QED) is 0.681. The molecule has 0 aliphatic heterocycles. The van der Waals surface area contributed by atoms with Crippen LogP contribution in [0, 0.1) is 18.3 Å². The van der Waals surface area contributed by atoms with Gasteiger partial charge in [0, 0.05) is 17.8 Å². The molecule has 5 heteroatoms. The number of aryl methyl sites for hydroxylation is 1.